The molecular weight excluding hydrogens is 460 g/mol. The van der Waals surface area contributed by atoms with E-state index in [-0.39, 0.29) is 5.91 Å². The first-order chi connectivity index (χ1) is 17.0. The van der Waals surface area contributed by atoms with E-state index in [1.54, 1.807) is 12.1 Å². The van der Waals surface area contributed by atoms with Gasteiger partial charge in [0.15, 0.2) is 5.65 Å². The number of para-hydroxylation sites is 1. The third-order valence-electron chi connectivity index (χ3n) is 6.23. The number of rotatable bonds is 5. The van der Waals surface area contributed by atoms with Crippen LogP contribution in [0.1, 0.15) is 36.5 Å². The lowest BCUT2D eigenvalue weighted by atomic mass is 10.1. The Labute approximate surface area is 210 Å². The fourth-order valence-electron chi connectivity index (χ4n) is 4.53. The number of fused-ring (bicyclic) bond motifs is 1. The molecule has 7 nitrogen and oxygen atoms in total. The Bertz CT molecular complexity index is 1340. The van der Waals surface area contributed by atoms with E-state index in [0.717, 1.165) is 47.7 Å². The molecule has 3 heterocycles. The molecule has 180 valence electrons. The Balaban J connectivity index is 1.47. The summed E-state index contributed by atoms with van der Waals surface area (Å²) < 4.78 is 1.88. The van der Waals surface area contributed by atoms with Crippen molar-refractivity contribution >= 4 is 34.4 Å². The lowest BCUT2D eigenvalue weighted by Gasteiger charge is -2.24. The molecule has 1 aliphatic rings. The summed E-state index contributed by atoms with van der Waals surface area (Å²) in [5, 5.41) is 6.08. The van der Waals surface area contributed by atoms with Gasteiger partial charge in [0, 0.05) is 32.6 Å². The third kappa shape index (κ3) is 4.86. The summed E-state index contributed by atoms with van der Waals surface area (Å²) in [6.45, 7) is 7.10. The van der Waals surface area contributed by atoms with Crippen molar-refractivity contribution in [3.63, 3.8) is 0 Å². The number of halogens is 1. The highest BCUT2D eigenvalue weighted by Gasteiger charge is 2.25. The summed E-state index contributed by atoms with van der Waals surface area (Å²) in [4.78, 5) is 27.2. The first-order valence-corrected chi connectivity index (χ1v) is 12.5. The molecule has 0 aliphatic carbocycles. The molecule has 35 heavy (non-hydrogen) atoms. The predicted molar refractivity (Wildman–Crippen MR) is 139 cm³/mol. The van der Waals surface area contributed by atoms with E-state index in [1.807, 2.05) is 58.2 Å². The normalized spacial score (nSPS) is 14.5. The molecule has 0 N–H and O–H groups in total. The molecule has 2 aromatic carbocycles. The number of hydrogen-bond donors (Lipinski definition) is 0. The first kappa shape index (κ1) is 23.3. The number of anilines is 1. The van der Waals surface area contributed by atoms with E-state index in [4.69, 9.17) is 21.6 Å². The van der Waals surface area contributed by atoms with Crippen molar-refractivity contribution < 1.29 is 4.79 Å². The van der Waals surface area contributed by atoms with Crippen LogP contribution >= 0.6 is 11.6 Å². The molecule has 1 fully saturated rings. The minimum Gasteiger partial charge on any atom is -0.354 e. The van der Waals surface area contributed by atoms with E-state index in [9.17, 15) is 4.79 Å². The van der Waals surface area contributed by atoms with Crippen molar-refractivity contribution in [3.05, 3.63) is 77.2 Å². The smallest absolute Gasteiger partial charge is 0.255 e. The number of amides is 1. The standard InChI is InChI=1S/C27H29ClN6O/c1-19(2)17-24-30-25(22-18-29-34(26(22)31-24)20-9-4-3-5-10-20)32-13-8-14-33(16-15-32)27(35)21-11-6-7-12-23(21)28/h3-7,9-12,18-19H,8,13-17H2,1-2H3. The molecule has 0 atom stereocenters. The Morgan fingerprint density at radius 1 is 0.971 bits per heavy atom. The number of nitrogens with zero attached hydrogens (tertiary/aromatic N) is 6. The van der Waals surface area contributed by atoms with Gasteiger partial charge in [0.2, 0.25) is 0 Å². The van der Waals surface area contributed by atoms with Gasteiger partial charge in [0.1, 0.15) is 11.6 Å². The molecule has 0 spiro atoms. The van der Waals surface area contributed by atoms with Gasteiger partial charge in [-0.3, -0.25) is 4.79 Å². The Kier molecular flexibility index (Phi) is 6.68. The van der Waals surface area contributed by atoms with Crippen LogP contribution in [0.25, 0.3) is 16.7 Å². The quantitative estimate of drug-likeness (QED) is 0.394. The highest BCUT2D eigenvalue weighted by molar-refractivity contribution is 6.33. The summed E-state index contributed by atoms with van der Waals surface area (Å²) >= 11 is 6.30. The lowest BCUT2D eigenvalue weighted by Crippen LogP contribution is -2.35. The zero-order valence-corrected chi connectivity index (χ0v) is 20.8. The summed E-state index contributed by atoms with van der Waals surface area (Å²) in [6.07, 6.45) is 3.48. The van der Waals surface area contributed by atoms with Crippen LogP contribution in [0.3, 0.4) is 0 Å². The van der Waals surface area contributed by atoms with E-state index < -0.39 is 0 Å². The SMILES string of the molecule is CC(C)Cc1nc(N2CCCN(C(=O)c3ccccc3Cl)CC2)c2cnn(-c3ccccc3)c2n1. The van der Waals surface area contributed by atoms with Crippen LogP contribution in [0.2, 0.25) is 5.02 Å². The highest BCUT2D eigenvalue weighted by atomic mass is 35.5. The molecular formula is C27H29ClN6O. The van der Waals surface area contributed by atoms with Gasteiger partial charge >= 0.3 is 0 Å². The molecule has 1 amide bonds. The Hall–Kier alpha value is -3.45. The second-order valence-corrected chi connectivity index (χ2v) is 9.71. The molecule has 0 unspecified atom stereocenters. The molecule has 4 aromatic rings. The summed E-state index contributed by atoms with van der Waals surface area (Å²) in [6, 6.07) is 17.3. The van der Waals surface area contributed by atoms with Gasteiger partial charge < -0.3 is 9.80 Å². The topological polar surface area (TPSA) is 67.2 Å². The van der Waals surface area contributed by atoms with Crippen LogP contribution in [-0.2, 0) is 6.42 Å². The molecule has 8 heteroatoms. The van der Waals surface area contributed by atoms with Crippen LogP contribution in [-0.4, -0.2) is 56.7 Å². The Morgan fingerprint density at radius 2 is 1.74 bits per heavy atom. The van der Waals surface area contributed by atoms with Crippen LogP contribution in [0, 0.1) is 5.92 Å². The van der Waals surface area contributed by atoms with Crippen molar-refractivity contribution in [1.29, 1.82) is 0 Å². The van der Waals surface area contributed by atoms with Crippen LogP contribution in [0.15, 0.2) is 60.8 Å². The molecule has 0 radical (unpaired) electrons. The van der Waals surface area contributed by atoms with Gasteiger partial charge in [-0.1, -0.05) is 55.8 Å². The number of carbonyl (C=O) groups is 1. The monoisotopic (exact) mass is 488 g/mol. The predicted octanol–water partition coefficient (Wildman–Crippen LogP) is 5.02. The van der Waals surface area contributed by atoms with Crippen LogP contribution < -0.4 is 4.90 Å². The molecule has 1 aliphatic heterocycles. The van der Waals surface area contributed by atoms with E-state index in [1.165, 1.54) is 0 Å². The van der Waals surface area contributed by atoms with Gasteiger partial charge in [-0.05, 0) is 36.6 Å². The summed E-state index contributed by atoms with van der Waals surface area (Å²) in [5.41, 5.74) is 2.33. The van der Waals surface area contributed by atoms with Crippen LogP contribution in [0.4, 0.5) is 5.82 Å². The molecule has 0 bridgehead atoms. The molecule has 2 aromatic heterocycles. The second kappa shape index (κ2) is 10.0. The van der Waals surface area contributed by atoms with Gasteiger partial charge in [-0.25, -0.2) is 14.6 Å². The van der Waals surface area contributed by atoms with Crippen molar-refractivity contribution in [1.82, 2.24) is 24.6 Å². The van der Waals surface area contributed by atoms with Gasteiger partial charge in [-0.2, -0.15) is 5.10 Å². The number of aromatic nitrogens is 4. The fourth-order valence-corrected chi connectivity index (χ4v) is 4.75. The van der Waals surface area contributed by atoms with Gasteiger partial charge in [0.05, 0.1) is 27.9 Å². The van der Waals surface area contributed by atoms with Crippen molar-refractivity contribution in [3.8, 4) is 5.69 Å². The lowest BCUT2D eigenvalue weighted by molar-refractivity contribution is 0.0767. The highest BCUT2D eigenvalue weighted by Crippen LogP contribution is 2.28. The van der Waals surface area contributed by atoms with Gasteiger partial charge in [0.25, 0.3) is 5.91 Å². The van der Waals surface area contributed by atoms with Crippen molar-refractivity contribution in [2.24, 2.45) is 5.92 Å². The maximum atomic E-state index is 13.1. The minimum atomic E-state index is -0.0253. The fraction of sp³-hybridized carbons (Fsp3) is 0.333. The third-order valence-corrected chi connectivity index (χ3v) is 6.56. The number of carbonyl (C=O) groups excluding carboxylic acids is 1. The maximum absolute atomic E-state index is 13.1. The first-order valence-electron chi connectivity index (χ1n) is 12.1. The van der Waals surface area contributed by atoms with Crippen molar-refractivity contribution in [2.75, 3.05) is 31.1 Å². The molecule has 1 saturated heterocycles. The van der Waals surface area contributed by atoms with Crippen molar-refractivity contribution in [2.45, 2.75) is 26.7 Å². The largest absolute Gasteiger partial charge is 0.354 e. The van der Waals surface area contributed by atoms with Gasteiger partial charge in [-0.15, -0.1) is 0 Å². The second-order valence-electron chi connectivity index (χ2n) is 9.30. The average molecular weight is 489 g/mol. The van der Waals surface area contributed by atoms with E-state index in [0.29, 0.717) is 36.1 Å². The van der Waals surface area contributed by atoms with Crippen LogP contribution in [0.5, 0.6) is 0 Å². The number of hydrogen-bond acceptors (Lipinski definition) is 5. The average Bonchev–Trinajstić information content (AvgIpc) is 3.12. The zero-order chi connectivity index (χ0) is 24.4. The summed E-state index contributed by atoms with van der Waals surface area (Å²) in [7, 11) is 0. The molecule has 5 rings (SSSR count). The number of benzene rings is 2. The maximum Gasteiger partial charge on any atom is 0.255 e. The Morgan fingerprint density at radius 3 is 2.51 bits per heavy atom. The minimum absolute atomic E-state index is 0.0253. The zero-order valence-electron chi connectivity index (χ0n) is 20.1. The van der Waals surface area contributed by atoms with E-state index in [2.05, 4.69) is 23.8 Å². The summed E-state index contributed by atoms with van der Waals surface area (Å²) in [5.74, 6) is 2.11. The molecule has 0 saturated carbocycles. The van der Waals surface area contributed by atoms with E-state index >= 15 is 0 Å².